The van der Waals surface area contributed by atoms with Gasteiger partial charge in [0.15, 0.2) is 0 Å². The minimum absolute atomic E-state index is 0.135. The van der Waals surface area contributed by atoms with Crippen LogP contribution in [0, 0.1) is 0 Å². The third kappa shape index (κ3) is 5.51. The van der Waals surface area contributed by atoms with Crippen LogP contribution >= 0.6 is 0 Å². The van der Waals surface area contributed by atoms with Crippen molar-refractivity contribution in [3.8, 4) is 5.75 Å². The molecule has 0 aliphatic rings. The Morgan fingerprint density at radius 1 is 1.00 bits per heavy atom. The molecule has 196 valence electrons. The van der Waals surface area contributed by atoms with Gasteiger partial charge in [-0.1, -0.05) is 39.0 Å². The van der Waals surface area contributed by atoms with Gasteiger partial charge in [0.1, 0.15) is 17.1 Å². The molecule has 0 spiro atoms. The maximum atomic E-state index is 13.1. The van der Waals surface area contributed by atoms with E-state index in [1.54, 1.807) is 36.1 Å². The number of benzene rings is 2. The summed E-state index contributed by atoms with van der Waals surface area (Å²) in [5.41, 5.74) is 4.12. The fraction of sp³-hybridized carbons (Fsp3) is 0.241. The van der Waals surface area contributed by atoms with Crippen LogP contribution in [-0.4, -0.2) is 44.6 Å². The third-order valence-corrected chi connectivity index (χ3v) is 5.87. The van der Waals surface area contributed by atoms with Gasteiger partial charge in [-0.3, -0.25) is 18.7 Å². The molecule has 0 aliphatic heterocycles. The van der Waals surface area contributed by atoms with Gasteiger partial charge in [-0.15, -0.1) is 0 Å². The van der Waals surface area contributed by atoms with Crippen LogP contribution in [0.15, 0.2) is 73.2 Å². The molecule has 0 aliphatic carbocycles. The van der Waals surface area contributed by atoms with E-state index in [4.69, 9.17) is 4.74 Å². The molecular formula is C29H32N6O3. The molecule has 3 heterocycles. The van der Waals surface area contributed by atoms with Crippen molar-refractivity contribution in [3.63, 3.8) is 0 Å². The number of nitrogens with one attached hydrogen (secondary N) is 2. The normalized spacial score (nSPS) is 10.6. The molecule has 38 heavy (non-hydrogen) atoms. The highest BCUT2D eigenvalue weighted by atomic mass is 16.5. The van der Waals surface area contributed by atoms with Crippen molar-refractivity contribution in [2.75, 3.05) is 19.0 Å². The minimum atomic E-state index is -0.275. The van der Waals surface area contributed by atoms with Crippen molar-refractivity contribution in [1.29, 1.82) is 0 Å². The molecule has 5 rings (SSSR count). The summed E-state index contributed by atoms with van der Waals surface area (Å²) < 4.78 is 9.24. The summed E-state index contributed by atoms with van der Waals surface area (Å²) in [6, 6.07) is 16.7. The Bertz CT molecular complexity index is 1570. The summed E-state index contributed by atoms with van der Waals surface area (Å²) >= 11 is 0. The zero-order valence-electron chi connectivity index (χ0n) is 22.1. The van der Waals surface area contributed by atoms with Crippen LogP contribution in [0.2, 0.25) is 0 Å². The summed E-state index contributed by atoms with van der Waals surface area (Å²) in [5.74, 6) is 0.312. The van der Waals surface area contributed by atoms with Crippen molar-refractivity contribution < 1.29 is 14.3 Å². The lowest BCUT2D eigenvalue weighted by Crippen LogP contribution is -2.18. The van der Waals surface area contributed by atoms with Gasteiger partial charge in [0.05, 0.1) is 36.7 Å². The molecule has 0 atom stereocenters. The number of rotatable bonds is 8. The summed E-state index contributed by atoms with van der Waals surface area (Å²) in [4.78, 5) is 29.5. The average Bonchev–Trinajstić information content (AvgIpc) is 3.57. The molecular weight excluding hydrogens is 480 g/mol. The van der Waals surface area contributed by atoms with E-state index in [0.29, 0.717) is 35.7 Å². The first-order valence-electron chi connectivity index (χ1n) is 12.7. The first kappa shape index (κ1) is 26.4. The van der Waals surface area contributed by atoms with E-state index in [0.717, 1.165) is 28.6 Å². The quantitative estimate of drug-likeness (QED) is 0.299. The fourth-order valence-corrected chi connectivity index (χ4v) is 4.09. The standard InChI is InChI=1S/C27H26N6O3.C2H6/c1-3-12-36-20-10-11-32-24(16-29-25(32)14-20)27(35)31-22-8-5-9-23-21(22)15-30-33(23)17-18-6-4-7-19(13-18)26(34)28-2;1-2/h4-11,13-16H,3,12,17H2,1-2H3,(H,28,34)(H,31,35);1-2H3. The first-order chi connectivity index (χ1) is 18.6. The molecule has 5 aromatic rings. The van der Waals surface area contributed by atoms with Gasteiger partial charge in [-0.05, 0) is 42.3 Å². The Morgan fingerprint density at radius 2 is 1.82 bits per heavy atom. The van der Waals surface area contributed by atoms with Crippen molar-refractivity contribution >= 4 is 34.1 Å². The zero-order chi connectivity index (χ0) is 27.1. The molecule has 9 heteroatoms. The van der Waals surface area contributed by atoms with E-state index in [1.165, 1.54) is 0 Å². The summed E-state index contributed by atoms with van der Waals surface area (Å²) in [5, 5.41) is 11.0. The second-order valence-corrected chi connectivity index (χ2v) is 8.36. The van der Waals surface area contributed by atoms with Crippen LogP contribution in [0.4, 0.5) is 5.69 Å². The number of carbonyl (C=O) groups is 2. The van der Waals surface area contributed by atoms with Crippen LogP contribution in [-0.2, 0) is 6.54 Å². The van der Waals surface area contributed by atoms with Gasteiger partial charge in [0.25, 0.3) is 11.8 Å². The molecule has 0 saturated carbocycles. The number of carbonyl (C=O) groups excluding carboxylic acids is 2. The second-order valence-electron chi connectivity index (χ2n) is 8.36. The van der Waals surface area contributed by atoms with E-state index in [1.807, 2.05) is 74.0 Å². The molecule has 2 amide bonds. The molecule has 0 unspecified atom stereocenters. The zero-order valence-corrected chi connectivity index (χ0v) is 22.1. The van der Waals surface area contributed by atoms with E-state index < -0.39 is 0 Å². The maximum absolute atomic E-state index is 13.1. The maximum Gasteiger partial charge on any atom is 0.274 e. The number of pyridine rings is 1. The Hall–Kier alpha value is -4.66. The SMILES string of the molecule is CC.CCCOc1ccn2c(C(=O)Nc3cccc4c3cnn4Cc3cccc(C(=O)NC)c3)cnc2c1. The summed E-state index contributed by atoms with van der Waals surface area (Å²) in [7, 11) is 1.61. The summed E-state index contributed by atoms with van der Waals surface area (Å²) in [6.45, 7) is 7.16. The average molecular weight is 513 g/mol. The van der Waals surface area contributed by atoms with Crippen LogP contribution < -0.4 is 15.4 Å². The number of amides is 2. The van der Waals surface area contributed by atoms with Gasteiger partial charge in [-0.25, -0.2) is 4.98 Å². The van der Waals surface area contributed by atoms with Crippen molar-refractivity contribution in [2.45, 2.75) is 33.7 Å². The van der Waals surface area contributed by atoms with Crippen LogP contribution in [0.25, 0.3) is 16.6 Å². The Balaban J connectivity index is 0.00000164. The predicted molar refractivity (Wildman–Crippen MR) is 149 cm³/mol. The highest BCUT2D eigenvalue weighted by Gasteiger charge is 2.16. The first-order valence-corrected chi connectivity index (χ1v) is 12.7. The highest BCUT2D eigenvalue weighted by molar-refractivity contribution is 6.08. The smallest absolute Gasteiger partial charge is 0.274 e. The molecule has 2 aromatic carbocycles. The Kier molecular flexibility index (Phi) is 8.37. The largest absolute Gasteiger partial charge is 0.493 e. The Morgan fingerprint density at radius 3 is 2.61 bits per heavy atom. The number of hydrogen-bond acceptors (Lipinski definition) is 5. The number of nitrogens with zero attached hydrogens (tertiary/aromatic N) is 4. The molecule has 9 nitrogen and oxygen atoms in total. The molecule has 0 radical (unpaired) electrons. The monoisotopic (exact) mass is 512 g/mol. The van der Waals surface area contributed by atoms with E-state index in [9.17, 15) is 9.59 Å². The second kappa shape index (κ2) is 12.1. The number of hydrogen-bond donors (Lipinski definition) is 2. The van der Waals surface area contributed by atoms with Crippen molar-refractivity contribution in [3.05, 3.63) is 90.0 Å². The van der Waals surface area contributed by atoms with Crippen LogP contribution in [0.5, 0.6) is 5.75 Å². The fourth-order valence-electron chi connectivity index (χ4n) is 4.09. The lowest BCUT2D eigenvalue weighted by molar-refractivity contribution is 0.0962. The highest BCUT2D eigenvalue weighted by Crippen LogP contribution is 2.25. The van der Waals surface area contributed by atoms with Crippen LogP contribution in [0.1, 0.15) is 53.6 Å². The molecule has 0 bridgehead atoms. The van der Waals surface area contributed by atoms with Crippen molar-refractivity contribution in [2.24, 2.45) is 0 Å². The van der Waals surface area contributed by atoms with E-state index >= 15 is 0 Å². The van der Waals surface area contributed by atoms with Gasteiger partial charge in [0, 0.05) is 30.3 Å². The van der Waals surface area contributed by atoms with Gasteiger partial charge >= 0.3 is 0 Å². The third-order valence-electron chi connectivity index (χ3n) is 5.87. The van der Waals surface area contributed by atoms with Gasteiger partial charge < -0.3 is 15.4 Å². The van der Waals surface area contributed by atoms with Gasteiger partial charge in [0.2, 0.25) is 0 Å². The lowest BCUT2D eigenvalue weighted by atomic mass is 10.1. The predicted octanol–water partition coefficient (Wildman–Crippen LogP) is 5.16. The molecule has 3 aromatic heterocycles. The topological polar surface area (TPSA) is 103 Å². The minimum Gasteiger partial charge on any atom is -0.493 e. The lowest BCUT2D eigenvalue weighted by Gasteiger charge is -2.09. The van der Waals surface area contributed by atoms with E-state index in [-0.39, 0.29) is 11.8 Å². The number of imidazole rings is 1. The van der Waals surface area contributed by atoms with E-state index in [2.05, 4.69) is 20.7 Å². The van der Waals surface area contributed by atoms with Gasteiger partial charge in [-0.2, -0.15) is 5.10 Å². The van der Waals surface area contributed by atoms with Crippen molar-refractivity contribution in [1.82, 2.24) is 24.5 Å². The molecule has 0 saturated heterocycles. The number of ether oxygens (including phenoxy) is 1. The molecule has 0 fully saturated rings. The van der Waals surface area contributed by atoms with Crippen LogP contribution in [0.3, 0.4) is 0 Å². The Labute approximate surface area is 221 Å². The summed E-state index contributed by atoms with van der Waals surface area (Å²) in [6.07, 6.45) is 5.99. The number of anilines is 1. The number of aromatic nitrogens is 4. The molecule has 2 N–H and O–H groups in total. The number of fused-ring (bicyclic) bond motifs is 2.